The molecule has 0 bridgehead atoms. The number of aryl methyl sites for hydroxylation is 2. The first-order valence-corrected chi connectivity index (χ1v) is 6.55. The van der Waals surface area contributed by atoms with E-state index in [4.69, 9.17) is 14.0 Å². The molecule has 0 atom stereocenters. The van der Waals surface area contributed by atoms with Crippen molar-refractivity contribution in [1.82, 2.24) is 0 Å². The fourth-order valence-corrected chi connectivity index (χ4v) is 1.52. The number of allylic oxidation sites excluding steroid dienone is 1. The van der Waals surface area contributed by atoms with Gasteiger partial charge >= 0.3 is 7.69 Å². The third-order valence-electron chi connectivity index (χ3n) is 2.28. The highest BCUT2D eigenvalue weighted by molar-refractivity contribution is 6.19. The number of ether oxygens (including phenoxy) is 1. The summed E-state index contributed by atoms with van der Waals surface area (Å²) in [5.41, 5.74) is 2.04. The largest absolute Gasteiger partial charge is 0.572 e. The summed E-state index contributed by atoms with van der Waals surface area (Å²) in [4.78, 5) is 0. The summed E-state index contributed by atoms with van der Waals surface area (Å²) in [6.07, 6.45) is 3.93. The van der Waals surface area contributed by atoms with Crippen molar-refractivity contribution >= 4 is 7.69 Å². The standard InChI is InChI=1S/C13H18BO3.C2H6/c1-5-6-7-16-12-8-10(2)13(11(3)9-12)17-14-15-4;1-2/h5-6,8-9H,7H2,1-4H3;1-2H3/b6-5+;. The van der Waals surface area contributed by atoms with Crippen molar-refractivity contribution in [3.05, 3.63) is 35.4 Å². The van der Waals surface area contributed by atoms with E-state index in [0.29, 0.717) is 6.61 Å². The zero-order chi connectivity index (χ0) is 14.7. The van der Waals surface area contributed by atoms with Crippen LogP contribution in [-0.2, 0) is 4.65 Å². The Bertz CT molecular complexity index is 366. The quantitative estimate of drug-likeness (QED) is 0.576. The molecule has 0 spiro atoms. The van der Waals surface area contributed by atoms with Crippen LogP contribution in [0.4, 0.5) is 0 Å². The van der Waals surface area contributed by atoms with Crippen LogP contribution in [0.2, 0.25) is 0 Å². The molecule has 0 N–H and O–H groups in total. The molecule has 0 aliphatic carbocycles. The summed E-state index contributed by atoms with van der Waals surface area (Å²) in [7, 11) is 2.87. The molecule has 1 aromatic rings. The van der Waals surface area contributed by atoms with Crippen LogP contribution < -0.4 is 9.39 Å². The van der Waals surface area contributed by atoms with Gasteiger partial charge in [-0.25, -0.2) is 0 Å². The van der Waals surface area contributed by atoms with Crippen LogP contribution in [0.1, 0.15) is 31.9 Å². The van der Waals surface area contributed by atoms with Gasteiger partial charge in [0, 0.05) is 7.11 Å². The predicted octanol–water partition coefficient (Wildman–Crippen LogP) is 3.84. The van der Waals surface area contributed by atoms with Crippen molar-refractivity contribution in [1.29, 1.82) is 0 Å². The normalized spacial score (nSPS) is 9.79. The van der Waals surface area contributed by atoms with Crippen LogP contribution in [-0.4, -0.2) is 21.4 Å². The third kappa shape index (κ3) is 6.34. The van der Waals surface area contributed by atoms with Crippen molar-refractivity contribution < 1.29 is 14.0 Å². The maximum absolute atomic E-state index is 5.58. The Hall–Kier alpha value is -1.42. The summed E-state index contributed by atoms with van der Waals surface area (Å²) < 4.78 is 15.7. The number of hydrogen-bond donors (Lipinski definition) is 0. The van der Waals surface area contributed by atoms with Crippen LogP contribution in [0.15, 0.2) is 24.3 Å². The molecule has 0 aromatic heterocycles. The predicted molar refractivity (Wildman–Crippen MR) is 81.0 cm³/mol. The Balaban J connectivity index is 0.00000154. The molecular weight excluding hydrogens is 239 g/mol. The van der Waals surface area contributed by atoms with E-state index >= 15 is 0 Å². The van der Waals surface area contributed by atoms with E-state index in [0.717, 1.165) is 22.6 Å². The lowest BCUT2D eigenvalue weighted by Gasteiger charge is -2.13. The molecule has 0 saturated carbocycles. The minimum atomic E-state index is 0.583. The maximum atomic E-state index is 5.58. The summed E-state index contributed by atoms with van der Waals surface area (Å²) >= 11 is 0. The van der Waals surface area contributed by atoms with Gasteiger partial charge in [-0.05, 0) is 44.0 Å². The van der Waals surface area contributed by atoms with E-state index < -0.39 is 0 Å². The van der Waals surface area contributed by atoms with Crippen molar-refractivity contribution in [2.24, 2.45) is 0 Å². The molecule has 4 heteroatoms. The van der Waals surface area contributed by atoms with E-state index in [-0.39, 0.29) is 0 Å². The van der Waals surface area contributed by atoms with Crippen LogP contribution in [0.25, 0.3) is 0 Å². The number of benzene rings is 1. The molecule has 0 aliphatic rings. The number of hydrogen-bond acceptors (Lipinski definition) is 3. The molecule has 0 unspecified atom stereocenters. The van der Waals surface area contributed by atoms with Gasteiger partial charge < -0.3 is 14.0 Å². The lowest BCUT2D eigenvalue weighted by atomic mass is 10.1. The highest BCUT2D eigenvalue weighted by atomic mass is 16.6. The van der Waals surface area contributed by atoms with Gasteiger partial charge in [0.15, 0.2) is 0 Å². The van der Waals surface area contributed by atoms with Crippen LogP contribution >= 0.6 is 0 Å². The van der Waals surface area contributed by atoms with Crippen molar-refractivity contribution in [3.63, 3.8) is 0 Å². The van der Waals surface area contributed by atoms with E-state index in [1.165, 1.54) is 7.69 Å². The molecule has 105 valence electrons. The first kappa shape index (κ1) is 17.6. The van der Waals surface area contributed by atoms with Gasteiger partial charge in [0.2, 0.25) is 0 Å². The van der Waals surface area contributed by atoms with Crippen LogP contribution in [0.5, 0.6) is 11.5 Å². The van der Waals surface area contributed by atoms with Gasteiger partial charge in [-0.3, -0.25) is 0 Å². The van der Waals surface area contributed by atoms with E-state index in [2.05, 4.69) is 0 Å². The van der Waals surface area contributed by atoms with E-state index in [1.807, 2.05) is 58.9 Å². The molecule has 1 aromatic carbocycles. The van der Waals surface area contributed by atoms with Gasteiger partial charge in [-0.1, -0.05) is 26.0 Å². The third-order valence-corrected chi connectivity index (χ3v) is 2.28. The zero-order valence-corrected chi connectivity index (χ0v) is 12.8. The second-order valence-electron chi connectivity index (χ2n) is 3.72. The Morgan fingerprint density at radius 1 is 1.16 bits per heavy atom. The van der Waals surface area contributed by atoms with Gasteiger partial charge in [0.25, 0.3) is 0 Å². The smallest absolute Gasteiger partial charge is 0.537 e. The number of rotatable bonds is 6. The van der Waals surface area contributed by atoms with Gasteiger partial charge in [0.05, 0.1) is 0 Å². The second kappa shape index (κ2) is 10.5. The van der Waals surface area contributed by atoms with Crippen molar-refractivity contribution in [3.8, 4) is 11.5 Å². The molecule has 19 heavy (non-hydrogen) atoms. The first-order chi connectivity index (χ1) is 9.19. The molecule has 0 saturated heterocycles. The molecule has 1 radical (unpaired) electrons. The first-order valence-electron chi connectivity index (χ1n) is 6.55. The maximum Gasteiger partial charge on any atom is 0.572 e. The SMILES string of the molecule is C/C=C/COc1cc(C)c(O[B]OC)c(C)c1.CC. The van der Waals surface area contributed by atoms with Crippen LogP contribution in [0.3, 0.4) is 0 Å². The minimum absolute atomic E-state index is 0.583. The lowest BCUT2D eigenvalue weighted by molar-refractivity contribution is 0.356. The zero-order valence-electron chi connectivity index (χ0n) is 12.8. The molecule has 0 heterocycles. The van der Waals surface area contributed by atoms with Gasteiger partial charge in [-0.15, -0.1) is 0 Å². The van der Waals surface area contributed by atoms with E-state index in [1.54, 1.807) is 7.11 Å². The highest BCUT2D eigenvalue weighted by Crippen LogP contribution is 2.28. The van der Waals surface area contributed by atoms with Gasteiger partial charge in [0.1, 0.15) is 18.1 Å². The van der Waals surface area contributed by atoms with Gasteiger partial charge in [-0.2, -0.15) is 0 Å². The van der Waals surface area contributed by atoms with Crippen molar-refractivity contribution in [2.75, 3.05) is 13.7 Å². The fourth-order valence-electron chi connectivity index (χ4n) is 1.52. The minimum Gasteiger partial charge on any atom is -0.537 e. The lowest BCUT2D eigenvalue weighted by Crippen LogP contribution is -2.07. The summed E-state index contributed by atoms with van der Waals surface area (Å²) in [5.74, 6) is 1.66. The molecule has 1 rings (SSSR count). The van der Waals surface area contributed by atoms with Crippen LogP contribution in [0, 0.1) is 13.8 Å². The van der Waals surface area contributed by atoms with Crippen molar-refractivity contribution in [2.45, 2.75) is 34.6 Å². The average molecular weight is 263 g/mol. The summed E-state index contributed by atoms with van der Waals surface area (Å²) in [6.45, 7) is 10.5. The molecule has 0 fully saturated rings. The highest BCUT2D eigenvalue weighted by Gasteiger charge is 2.07. The summed E-state index contributed by atoms with van der Waals surface area (Å²) in [6, 6.07) is 3.91. The molecule has 0 aliphatic heterocycles. The Labute approximate surface area is 117 Å². The Kier molecular flexibility index (Phi) is 9.72. The molecule has 0 amide bonds. The summed E-state index contributed by atoms with van der Waals surface area (Å²) in [5, 5.41) is 0. The van der Waals surface area contributed by atoms with E-state index in [9.17, 15) is 0 Å². The monoisotopic (exact) mass is 263 g/mol. The topological polar surface area (TPSA) is 27.7 Å². The Morgan fingerprint density at radius 3 is 2.21 bits per heavy atom. The molecular formula is C15H24BO3. The molecule has 3 nitrogen and oxygen atoms in total. The second-order valence-corrected chi connectivity index (χ2v) is 3.72. The Morgan fingerprint density at radius 2 is 1.74 bits per heavy atom. The average Bonchev–Trinajstić information content (AvgIpc) is 2.40. The fraction of sp³-hybridized carbons (Fsp3) is 0.467.